The van der Waals surface area contributed by atoms with Crippen LogP contribution in [0.2, 0.25) is 0 Å². The number of aromatic amines is 1. The Morgan fingerprint density at radius 1 is 1.06 bits per heavy atom. The molecule has 0 aliphatic rings. The summed E-state index contributed by atoms with van der Waals surface area (Å²) in [5, 5.41) is 26.9. The fraction of sp³-hybridized carbons (Fsp3) is 0.120. The quantitative estimate of drug-likeness (QED) is 0.378. The number of nitrogens with one attached hydrogen (secondary N) is 1. The minimum Gasteiger partial charge on any atom is -0.392 e. The second-order valence-electron chi connectivity index (χ2n) is 8.00. The third-order valence-corrected chi connectivity index (χ3v) is 5.69. The van der Waals surface area contributed by atoms with E-state index in [0.717, 1.165) is 17.2 Å². The largest absolute Gasteiger partial charge is 0.418 e. The van der Waals surface area contributed by atoms with Crippen molar-refractivity contribution in [2.75, 3.05) is 0 Å². The van der Waals surface area contributed by atoms with E-state index in [1.807, 2.05) is 6.07 Å². The van der Waals surface area contributed by atoms with Crippen LogP contribution in [0.3, 0.4) is 0 Å². The summed E-state index contributed by atoms with van der Waals surface area (Å²) < 4.78 is 42.7. The van der Waals surface area contributed by atoms with Gasteiger partial charge in [-0.1, -0.05) is 24.3 Å². The summed E-state index contributed by atoms with van der Waals surface area (Å²) in [5.41, 5.74) is 2.47. The van der Waals surface area contributed by atoms with Crippen molar-refractivity contribution >= 4 is 11.0 Å². The average molecular weight is 474 g/mol. The molecule has 0 spiro atoms. The van der Waals surface area contributed by atoms with Crippen LogP contribution in [0.15, 0.2) is 60.9 Å². The number of halogens is 3. The normalized spacial score (nSPS) is 11.7. The summed E-state index contributed by atoms with van der Waals surface area (Å²) in [6.45, 7) is -0.528. The molecule has 3 aromatic carbocycles. The van der Waals surface area contributed by atoms with E-state index < -0.39 is 18.3 Å². The Kier molecular flexibility index (Phi) is 5.34. The number of aliphatic hydroxyl groups is 1. The van der Waals surface area contributed by atoms with E-state index in [1.165, 1.54) is 6.07 Å². The number of imidazole rings is 1. The Hall–Kier alpha value is -4.49. The number of alkyl halides is 3. The number of nitrogens with zero attached hydrogens (tertiary/aromatic N) is 5. The van der Waals surface area contributed by atoms with Crippen molar-refractivity contribution in [1.82, 2.24) is 24.7 Å². The van der Waals surface area contributed by atoms with Crippen molar-refractivity contribution in [3.63, 3.8) is 0 Å². The van der Waals surface area contributed by atoms with Crippen LogP contribution in [-0.4, -0.2) is 29.8 Å². The number of hydrogen-bond donors (Lipinski definition) is 2. The number of fused-ring (bicyclic) bond motifs is 1. The van der Waals surface area contributed by atoms with E-state index in [1.54, 1.807) is 54.3 Å². The zero-order valence-corrected chi connectivity index (χ0v) is 18.3. The van der Waals surface area contributed by atoms with E-state index in [0.29, 0.717) is 22.5 Å². The van der Waals surface area contributed by atoms with Gasteiger partial charge in [0.2, 0.25) is 0 Å². The summed E-state index contributed by atoms with van der Waals surface area (Å²) in [6.07, 6.45) is -3.05. The van der Waals surface area contributed by atoms with E-state index >= 15 is 0 Å². The summed E-state index contributed by atoms with van der Waals surface area (Å²) in [5.74, 6) is 0.828. The zero-order valence-electron chi connectivity index (χ0n) is 18.3. The molecule has 0 unspecified atom stereocenters. The first-order valence-electron chi connectivity index (χ1n) is 10.5. The second kappa shape index (κ2) is 8.38. The van der Waals surface area contributed by atoms with Gasteiger partial charge >= 0.3 is 6.18 Å². The van der Waals surface area contributed by atoms with Crippen LogP contribution in [-0.2, 0) is 19.8 Å². The van der Waals surface area contributed by atoms with Crippen LogP contribution in [0.5, 0.6) is 0 Å². The maximum absolute atomic E-state index is 13.6. The lowest BCUT2D eigenvalue weighted by Crippen LogP contribution is -2.07. The molecule has 0 aliphatic carbocycles. The fourth-order valence-electron chi connectivity index (χ4n) is 4.03. The number of benzene rings is 3. The third-order valence-electron chi connectivity index (χ3n) is 5.69. The molecule has 2 N–H and O–H groups in total. The van der Waals surface area contributed by atoms with Crippen LogP contribution in [0.4, 0.5) is 13.2 Å². The fourth-order valence-corrected chi connectivity index (χ4v) is 4.03. The molecule has 35 heavy (non-hydrogen) atoms. The molecule has 5 aromatic rings. The molecule has 0 aliphatic heterocycles. The standard InChI is InChI=1S/C25H17F3N6O/c1-34-13-30-33-24(34)19-7-14(11-29)5-6-18(19)16-3-2-4-17(10-16)23-31-21-9-15(12-35)8-20(22(21)32-23)25(26,27)28/h2-10,13,35H,12H2,1H3,(H,31,32). The first-order valence-corrected chi connectivity index (χ1v) is 10.5. The Morgan fingerprint density at radius 2 is 1.86 bits per heavy atom. The molecule has 0 saturated heterocycles. The van der Waals surface area contributed by atoms with Crippen molar-refractivity contribution in [3.05, 3.63) is 77.6 Å². The van der Waals surface area contributed by atoms with Gasteiger partial charge in [0.25, 0.3) is 0 Å². The zero-order chi connectivity index (χ0) is 24.7. The highest BCUT2D eigenvalue weighted by molar-refractivity contribution is 5.86. The summed E-state index contributed by atoms with van der Waals surface area (Å²) in [6, 6.07) is 16.9. The molecular weight excluding hydrogens is 457 g/mol. The number of aryl methyl sites for hydroxylation is 1. The average Bonchev–Trinajstić information content (AvgIpc) is 3.48. The van der Waals surface area contributed by atoms with E-state index in [4.69, 9.17) is 0 Å². The van der Waals surface area contributed by atoms with E-state index in [-0.39, 0.29) is 22.4 Å². The number of hydrogen-bond acceptors (Lipinski definition) is 5. The molecule has 0 amide bonds. The number of aliphatic hydroxyl groups excluding tert-OH is 1. The SMILES string of the molecule is Cn1cnnc1-c1cc(C#N)ccc1-c1cccc(-c2nc3cc(CO)cc(C(F)(F)F)c3[nH]2)c1. The molecule has 10 heteroatoms. The van der Waals surface area contributed by atoms with Crippen molar-refractivity contribution < 1.29 is 18.3 Å². The minimum atomic E-state index is -4.61. The van der Waals surface area contributed by atoms with E-state index in [2.05, 4.69) is 26.2 Å². The Balaban J connectivity index is 1.66. The molecule has 7 nitrogen and oxygen atoms in total. The molecular formula is C25H17F3N6O. The van der Waals surface area contributed by atoms with Gasteiger partial charge in [-0.2, -0.15) is 18.4 Å². The molecule has 5 rings (SSSR count). The Morgan fingerprint density at radius 3 is 2.54 bits per heavy atom. The monoisotopic (exact) mass is 474 g/mol. The van der Waals surface area contributed by atoms with Gasteiger partial charge in [0.05, 0.1) is 34.8 Å². The molecule has 0 atom stereocenters. The van der Waals surface area contributed by atoms with Gasteiger partial charge in [0.1, 0.15) is 12.2 Å². The van der Waals surface area contributed by atoms with Crippen molar-refractivity contribution in [1.29, 1.82) is 5.26 Å². The van der Waals surface area contributed by atoms with Gasteiger partial charge in [0.15, 0.2) is 5.82 Å². The number of aromatic nitrogens is 5. The molecule has 0 fully saturated rings. The number of rotatable bonds is 4. The lowest BCUT2D eigenvalue weighted by Gasteiger charge is -2.11. The first-order chi connectivity index (χ1) is 16.8. The maximum atomic E-state index is 13.6. The van der Waals surface area contributed by atoms with Crippen LogP contribution < -0.4 is 0 Å². The molecule has 0 radical (unpaired) electrons. The Labute approximate surface area is 197 Å². The predicted octanol–water partition coefficient (Wildman–Crippen LogP) is 5.08. The van der Waals surface area contributed by atoms with Crippen molar-refractivity contribution in [3.8, 4) is 40.0 Å². The van der Waals surface area contributed by atoms with Crippen molar-refractivity contribution in [2.24, 2.45) is 7.05 Å². The topological polar surface area (TPSA) is 103 Å². The lowest BCUT2D eigenvalue weighted by molar-refractivity contribution is -0.136. The van der Waals surface area contributed by atoms with Crippen molar-refractivity contribution in [2.45, 2.75) is 12.8 Å². The van der Waals surface area contributed by atoms with Gasteiger partial charge in [-0.3, -0.25) is 0 Å². The molecule has 0 bridgehead atoms. The third kappa shape index (κ3) is 4.02. The van der Waals surface area contributed by atoms with Crippen LogP contribution >= 0.6 is 0 Å². The smallest absolute Gasteiger partial charge is 0.392 e. The Bertz CT molecular complexity index is 1610. The summed E-state index contributed by atoms with van der Waals surface area (Å²) in [4.78, 5) is 7.18. The minimum absolute atomic E-state index is 0.113. The number of nitriles is 1. The highest BCUT2D eigenvalue weighted by atomic mass is 19.4. The van der Waals surface area contributed by atoms with Gasteiger partial charge in [0, 0.05) is 18.2 Å². The molecule has 174 valence electrons. The molecule has 0 saturated carbocycles. The molecule has 2 heterocycles. The summed E-state index contributed by atoms with van der Waals surface area (Å²) in [7, 11) is 1.79. The van der Waals surface area contributed by atoms with Crippen LogP contribution in [0.1, 0.15) is 16.7 Å². The highest BCUT2D eigenvalue weighted by Gasteiger charge is 2.34. The number of H-pyrrole nitrogens is 1. The van der Waals surface area contributed by atoms with Gasteiger partial charge in [-0.05, 0) is 47.0 Å². The van der Waals surface area contributed by atoms with Gasteiger partial charge < -0.3 is 14.7 Å². The molecule has 2 aromatic heterocycles. The maximum Gasteiger partial charge on any atom is 0.418 e. The predicted molar refractivity (Wildman–Crippen MR) is 123 cm³/mol. The second-order valence-corrected chi connectivity index (χ2v) is 8.00. The van der Waals surface area contributed by atoms with Crippen LogP contribution in [0.25, 0.3) is 44.9 Å². The highest BCUT2D eigenvalue weighted by Crippen LogP contribution is 2.37. The van der Waals surface area contributed by atoms with Gasteiger partial charge in [-0.25, -0.2) is 4.98 Å². The lowest BCUT2D eigenvalue weighted by atomic mass is 9.96. The van der Waals surface area contributed by atoms with Crippen LogP contribution in [0, 0.1) is 11.3 Å². The van der Waals surface area contributed by atoms with E-state index in [9.17, 15) is 23.5 Å². The first kappa shape index (κ1) is 22.3. The van der Waals surface area contributed by atoms with Gasteiger partial charge in [-0.15, -0.1) is 10.2 Å². The summed E-state index contributed by atoms with van der Waals surface area (Å²) >= 11 is 0.